The number of nitrogens with one attached hydrogen (secondary N) is 1. The van der Waals surface area contributed by atoms with Gasteiger partial charge in [-0.05, 0) is 48.4 Å². The number of anilines is 1. The van der Waals surface area contributed by atoms with Gasteiger partial charge < -0.3 is 9.73 Å². The maximum Gasteiger partial charge on any atom is 0.256 e. The van der Waals surface area contributed by atoms with E-state index >= 15 is 0 Å². The van der Waals surface area contributed by atoms with Gasteiger partial charge in [0, 0.05) is 23.6 Å². The molecule has 0 bridgehead atoms. The van der Waals surface area contributed by atoms with E-state index in [2.05, 4.69) is 22.3 Å². The molecule has 7 nitrogen and oxygen atoms in total. The summed E-state index contributed by atoms with van der Waals surface area (Å²) >= 11 is 0. The summed E-state index contributed by atoms with van der Waals surface area (Å²) in [6.45, 7) is 2.48. The second kappa shape index (κ2) is 8.47. The van der Waals surface area contributed by atoms with Crippen molar-refractivity contribution in [3.05, 3.63) is 96.3 Å². The Labute approximate surface area is 184 Å². The second-order valence-corrected chi connectivity index (χ2v) is 7.38. The van der Waals surface area contributed by atoms with E-state index < -0.39 is 0 Å². The van der Waals surface area contributed by atoms with Crippen molar-refractivity contribution >= 4 is 22.6 Å². The van der Waals surface area contributed by atoms with Gasteiger partial charge in [-0.2, -0.15) is 5.10 Å². The van der Waals surface area contributed by atoms with E-state index in [1.54, 1.807) is 35.6 Å². The number of benzene rings is 1. The van der Waals surface area contributed by atoms with E-state index in [0.717, 1.165) is 29.0 Å². The Bertz CT molecular complexity index is 1370. The van der Waals surface area contributed by atoms with E-state index in [1.807, 2.05) is 48.5 Å². The highest BCUT2D eigenvalue weighted by atomic mass is 16.3. The maximum atomic E-state index is 13.4. The zero-order valence-corrected chi connectivity index (χ0v) is 17.5. The first-order valence-corrected chi connectivity index (χ1v) is 10.4. The zero-order chi connectivity index (χ0) is 21.9. The Balaban J connectivity index is 1.62. The van der Waals surface area contributed by atoms with Crippen LogP contribution in [0.4, 0.5) is 5.69 Å². The molecule has 1 aromatic carbocycles. The molecule has 0 saturated heterocycles. The molecule has 0 unspecified atom stereocenters. The number of furan rings is 1. The minimum absolute atomic E-state index is 0.207. The number of amides is 1. The SMILES string of the molecule is CCc1ccccc1NC(=O)c1cc(-c2cccnc2)nc2c1cnn2Cc1ccco1. The van der Waals surface area contributed by atoms with Crippen molar-refractivity contribution in [3.8, 4) is 11.3 Å². The van der Waals surface area contributed by atoms with Gasteiger partial charge in [-0.25, -0.2) is 9.67 Å². The fourth-order valence-corrected chi connectivity index (χ4v) is 3.70. The lowest BCUT2D eigenvalue weighted by atomic mass is 10.1. The molecule has 1 N–H and O–H groups in total. The fourth-order valence-electron chi connectivity index (χ4n) is 3.70. The van der Waals surface area contributed by atoms with Gasteiger partial charge in [-0.15, -0.1) is 0 Å². The van der Waals surface area contributed by atoms with Gasteiger partial charge in [0.15, 0.2) is 5.65 Å². The molecule has 4 aromatic heterocycles. The molecule has 158 valence electrons. The average molecular weight is 423 g/mol. The lowest BCUT2D eigenvalue weighted by molar-refractivity contribution is 0.102. The molecular weight excluding hydrogens is 402 g/mol. The number of hydrogen-bond acceptors (Lipinski definition) is 5. The first-order chi connectivity index (χ1) is 15.7. The third-order valence-electron chi connectivity index (χ3n) is 5.34. The van der Waals surface area contributed by atoms with Crippen LogP contribution in [-0.2, 0) is 13.0 Å². The van der Waals surface area contributed by atoms with Gasteiger partial charge in [0.1, 0.15) is 12.3 Å². The van der Waals surface area contributed by atoms with Crippen LogP contribution in [0.25, 0.3) is 22.3 Å². The molecule has 7 heteroatoms. The number of carbonyl (C=O) groups excluding carboxylic acids is 1. The topological polar surface area (TPSA) is 85.8 Å². The Morgan fingerprint density at radius 2 is 2.00 bits per heavy atom. The molecule has 0 spiro atoms. The highest BCUT2D eigenvalue weighted by Gasteiger charge is 2.19. The van der Waals surface area contributed by atoms with Gasteiger partial charge in [0.25, 0.3) is 5.91 Å². The van der Waals surface area contributed by atoms with Gasteiger partial charge in [0.05, 0.1) is 29.1 Å². The van der Waals surface area contributed by atoms with Gasteiger partial charge in [-0.3, -0.25) is 9.78 Å². The van der Waals surface area contributed by atoms with E-state index in [-0.39, 0.29) is 5.91 Å². The summed E-state index contributed by atoms with van der Waals surface area (Å²) < 4.78 is 7.22. The van der Waals surface area contributed by atoms with E-state index in [4.69, 9.17) is 9.40 Å². The first-order valence-electron chi connectivity index (χ1n) is 10.4. The normalized spacial score (nSPS) is 11.0. The summed E-state index contributed by atoms with van der Waals surface area (Å²) in [5, 5.41) is 8.23. The number of pyridine rings is 2. The van der Waals surface area contributed by atoms with E-state index in [0.29, 0.717) is 28.8 Å². The zero-order valence-electron chi connectivity index (χ0n) is 17.5. The minimum atomic E-state index is -0.207. The lowest BCUT2D eigenvalue weighted by Crippen LogP contribution is -2.14. The number of rotatable bonds is 6. The molecule has 0 aliphatic heterocycles. The van der Waals surface area contributed by atoms with Crippen LogP contribution in [-0.4, -0.2) is 25.7 Å². The molecule has 0 saturated carbocycles. The summed E-state index contributed by atoms with van der Waals surface area (Å²) in [6, 6.07) is 17.1. The Hall–Kier alpha value is -4.26. The highest BCUT2D eigenvalue weighted by Crippen LogP contribution is 2.26. The van der Waals surface area contributed by atoms with Crippen molar-refractivity contribution in [2.24, 2.45) is 0 Å². The summed E-state index contributed by atoms with van der Waals surface area (Å²) in [7, 11) is 0. The molecule has 4 heterocycles. The third kappa shape index (κ3) is 3.76. The van der Waals surface area contributed by atoms with Gasteiger partial charge in [0.2, 0.25) is 0 Å². The van der Waals surface area contributed by atoms with Crippen LogP contribution in [0.1, 0.15) is 28.6 Å². The quantitative estimate of drug-likeness (QED) is 0.418. The average Bonchev–Trinajstić information content (AvgIpc) is 3.50. The van der Waals surface area contributed by atoms with E-state index in [9.17, 15) is 4.79 Å². The van der Waals surface area contributed by atoms with Crippen LogP contribution >= 0.6 is 0 Å². The number of fused-ring (bicyclic) bond motifs is 1. The first kappa shape index (κ1) is 19.7. The van der Waals surface area contributed by atoms with Crippen molar-refractivity contribution in [3.63, 3.8) is 0 Å². The van der Waals surface area contributed by atoms with Crippen LogP contribution < -0.4 is 5.32 Å². The van der Waals surface area contributed by atoms with Crippen LogP contribution in [0.3, 0.4) is 0 Å². The number of nitrogens with zero attached hydrogens (tertiary/aromatic N) is 4. The number of carbonyl (C=O) groups is 1. The molecular formula is C25H21N5O2. The molecule has 0 fully saturated rings. The summed E-state index contributed by atoms with van der Waals surface area (Å²) in [5.74, 6) is 0.549. The molecule has 0 aliphatic carbocycles. The molecule has 0 aliphatic rings. The minimum Gasteiger partial charge on any atom is -0.467 e. The number of hydrogen-bond donors (Lipinski definition) is 1. The molecule has 0 atom stereocenters. The Morgan fingerprint density at radius 1 is 1.09 bits per heavy atom. The van der Waals surface area contributed by atoms with Crippen molar-refractivity contribution in [2.75, 3.05) is 5.32 Å². The Morgan fingerprint density at radius 3 is 2.78 bits per heavy atom. The van der Waals surface area contributed by atoms with Crippen molar-refractivity contribution < 1.29 is 9.21 Å². The fraction of sp³-hybridized carbons (Fsp3) is 0.120. The second-order valence-electron chi connectivity index (χ2n) is 7.38. The third-order valence-corrected chi connectivity index (χ3v) is 5.34. The van der Waals surface area contributed by atoms with Gasteiger partial charge in [-0.1, -0.05) is 25.1 Å². The van der Waals surface area contributed by atoms with Gasteiger partial charge >= 0.3 is 0 Å². The maximum absolute atomic E-state index is 13.4. The predicted octanol–water partition coefficient (Wildman–Crippen LogP) is 4.95. The lowest BCUT2D eigenvalue weighted by Gasteiger charge is -2.12. The molecule has 5 rings (SSSR count). The Kier molecular flexibility index (Phi) is 5.21. The van der Waals surface area contributed by atoms with Crippen LogP contribution in [0.5, 0.6) is 0 Å². The molecule has 5 aromatic rings. The van der Waals surface area contributed by atoms with Crippen molar-refractivity contribution in [1.82, 2.24) is 19.7 Å². The van der Waals surface area contributed by atoms with Crippen LogP contribution in [0.2, 0.25) is 0 Å². The van der Waals surface area contributed by atoms with Crippen molar-refractivity contribution in [1.29, 1.82) is 0 Å². The number of aryl methyl sites for hydroxylation is 1. The van der Waals surface area contributed by atoms with E-state index in [1.165, 1.54) is 0 Å². The smallest absolute Gasteiger partial charge is 0.256 e. The van der Waals surface area contributed by atoms with Crippen LogP contribution in [0, 0.1) is 0 Å². The molecule has 32 heavy (non-hydrogen) atoms. The molecule has 1 amide bonds. The van der Waals surface area contributed by atoms with Crippen LogP contribution in [0.15, 0.2) is 83.9 Å². The van der Waals surface area contributed by atoms with Crippen molar-refractivity contribution in [2.45, 2.75) is 19.9 Å². The summed E-state index contributed by atoms with van der Waals surface area (Å²) in [4.78, 5) is 22.4. The highest BCUT2D eigenvalue weighted by molar-refractivity contribution is 6.12. The summed E-state index contributed by atoms with van der Waals surface area (Å²) in [6.07, 6.45) is 7.57. The molecule has 0 radical (unpaired) electrons. The monoisotopic (exact) mass is 423 g/mol. The number of aromatic nitrogens is 4. The standard InChI is InChI=1S/C25H21N5O2/c1-2-17-7-3-4-10-22(17)29-25(31)20-13-23(18-8-5-11-26-14-18)28-24-21(20)15-27-30(24)16-19-9-6-12-32-19/h3-15H,2,16H2,1H3,(H,29,31). The summed E-state index contributed by atoms with van der Waals surface area (Å²) in [5.41, 5.74) is 4.47. The predicted molar refractivity (Wildman–Crippen MR) is 122 cm³/mol. The number of para-hydroxylation sites is 1. The largest absolute Gasteiger partial charge is 0.467 e.